The Morgan fingerprint density at radius 3 is 2.53 bits per heavy atom. The van der Waals surface area contributed by atoms with Crippen LogP contribution in [-0.2, 0) is 6.54 Å². The van der Waals surface area contributed by atoms with Crippen molar-refractivity contribution in [2.24, 2.45) is 0 Å². The van der Waals surface area contributed by atoms with Crippen LogP contribution in [0.2, 0.25) is 0 Å². The molecule has 1 aromatic rings. The molecule has 19 heavy (non-hydrogen) atoms. The Bertz CT molecular complexity index is 419. The summed E-state index contributed by atoms with van der Waals surface area (Å²) in [6.45, 7) is 9.81. The van der Waals surface area contributed by atoms with E-state index in [1.165, 1.54) is 5.56 Å². The van der Waals surface area contributed by atoms with Crippen molar-refractivity contribution in [2.45, 2.75) is 39.8 Å². The Balaban J connectivity index is 2.76. The standard InChI is InChI=1S/C16H25NO2/c1-6-7-10-19-15-11-13(8-9-14(15)18-5)12-17-16(2,3)4/h6-9,11,17H,10,12H2,1-5H3. The van der Waals surface area contributed by atoms with Gasteiger partial charge >= 0.3 is 0 Å². The molecule has 0 aliphatic heterocycles. The van der Waals surface area contributed by atoms with Gasteiger partial charge in [-0.05, 0) is 45.4 Å². The minimum Gasteiger partial charge on any atom is -0.493 e. The lowest BCUT2D eigenvalue weighted by molar-refractivity contribution is 0.325. The summed E-state index contributed by atoms with van der Waals surface area (Å²) in [6, 6.07) is 6.03. The van der Waals surface area contributed by atoms with Gasteiger partial charge in [0, 0.05) is 12.1 Å². The highest BCUT2D eigenvalue weighted by Crippen LogP contribution is 2.28. The summed E-state index contributed by atoms with van der Waals surface area (Å²) in [5.41, 5.74) is 1.29. The Kier molecular flexibility index (Phi) is 5.90. The van der Waals surface area contributed by atoms with Gasteiger partial charge in [0.15, 0.2) is 11.5 Å². The van der Waals surface area contributed by atoms with E-state index in [4.69, 9.17) is 9.47 Å². The summed E-state index contributed by atoms with van der Waals surface area (Å²) in [5.74, 6) is 1.55. The molecule has 106 valence electrons. The normalized spacial score (nSPS) is 11.8. The third kappa shape index (κ3) is 5.79. The van der Waals surface area contributed by atoms with E-state index in [2.05, 4.69) is 32.2 Å². The average Bonchev–Trinajstić information content (AvgIpc) is 2.36. The summed E-state index contributed by atoms with van der Waals surface area (Å²) in [7, 11) is 1.66. The fourth-order valence-electron chi connectivity index (χ4n) is 1.55. The number of nitrogens with one attached hydrogen (secondary N) is 1. The Morgan fingerprint density at radius 2 is 1.95 bits per heavy atom. The molecule has 0 amide bonds. The molecule has 0 aromatic heterocycles. The molecular weight excluding hydrogens is 238 g/mol. The van der Waals surface area contributed by atoms with Crippen LogP contribution in [0.4, 0.5) is 0 Å². The lowest BCUT2D eigenvalue weighted by Crippen LogP contribution is -2.35. The molecule has 0 radical (unpaired) electrons. The first-order chi connectivity index (χ1) is 8.96. The summed E-state index contributed by atoms with van der Waals surface area (Å²) >= 11 is 0. The maximum Gasteiger partial charge on any atom is 0.161 e. The zero-order valence-electron chi connectivity index (χ0n) is 12.6. The largest absolute Gasteiger partial charge is 0.493 e. The second-order valence-corrected chi connectivity index (χ2v) is 5.47. The molecule has 0 fully saturated rings. The van der Waals surface area contributed by atoms with Crippen LogP contribution >= 0.6 is 0 Å². The van der Waals surface area contributed by atoms with Crippen LogP contribution in [0, 0.1) is 0 Å². The monoisotopic (exact) mass is 263 g/mol. The van der Waals surface area contributed by atoms with Crippen LogP contribution < -0.4 is 14.8 Å². The van der Waals surface area contributed by atoms with Gasteiger partial charge < -0.3 is 14.8 Å². The number of allylic oxidation sites excluding steroid dienone is 1. The van der Waals surface area contributed by atoms with Crippen molar-refractivity contribution in [1.29, 1.82) is 0 Å². The zero-order valence-corrected chi connectivity index (χ0v) is 12.6. The second-order valence-electron chi connectivity index (χ2n) is 5.47. The molecule has 1 rings (SSSR count). The molecule has 0 aliphatic rings. The van der Waals surface area contributed by atoms with E-state index < -0.39 is 0 Å². The summed E-state index contributed by atoms with van der Waals surface area (Å²) < 4.78 is 11.0. The third-order valence-corrected chi connectivity index (χ3v) is 2.62. The van der Waals surface area contributed by atoms with Crippen LogP contribution in [0.1, 0.15) is 33.3 Å². The quantitative estimate of drug-likeness (QED) is 0.796. The number of hydrogen-bond acceptors (Lipinski definition) is 3. The van der Waals surface area contributed by atoms with E-state index in [-0.39, 0.29) is 5.54 Å². The molecule has 0 unspecified atom stereocenters. The van der Waals surface area contributed by atoms with Crippen molar-refractivity contribution in [1.82, 2.24) is 5.32 Å². The lowest BCUT2D eigenvalue weighted by atomic mass is 10.1. The predicted molar refractivity (Wildman–Crippen MR) is 79.9 cm³/mol. The molecule has 0 spiro atoms. The molecule has 0 bridgehead atoms. The maximum atomic E-state index is 5.70. The van der Waals surface area contributed by atoms with Gasteiger partial charge in [0.05, 0.1) is 7.11 Å². The Labute approximate surface area is 116 Å². The van der Waals surface area contributed by atoms with Crippen LogP contribution in [0.5, 0.6) is 11.5 Å². The molecule has 3 heteroatoms. The fraction of sp³-hybridized carbons (Fsp3) is 0.500. The molecule has 0 saturated heterocycles. The Hall–Kier alpha value is -1.48. The van der Waals surface area contributed by atoms with Crippen molar-refractivity contribution < 1.29 is 9.47 Å². The molecule has 0 saturated carbocycles. The highest BCUT2D eigenvalue weighted by molar-refractivity contribution is 5.43. The molecule has 3 nitrogen and oxygen atoms in total. The predicted octanol–water partition coefficient (Wildman–Crippen LogP) is 3.54. The van der Waals surface area contributed by atoms with Crippen molar-refractivity contribution in [3.8, 4) is 11.5 Å². The molecule has 0 heterocycles. The maximum absolute atomic E-state index is 5.70. The first-order valence-electron chi connectivity index (χ1n) is 6.62. The smallest absolute Gasteiger partial charge is 0.161 e. The average molecular weight is 263 g/mol. The van der Waals surface area contributed by atoms with E-state index >= 15 is 0 Å². The molecular formula is C16H25NO2. The van der Waals surface area contributed by atoms with Gasteiger partial charge in [-0.1, -0.05) is 18.2 Å². The number of methoxy groups -OCH3 is 1. The van der Waals surface area contributed by atoms with E-state index in [1.807, 2.05) is 31.2 Å². The Morgan fingerprint density at radius 1 is 1.21 bits per heavy atom. The number of benzene rings is 1. The van der Waals surface area contributed by atoms with Crippen LogP contribution in [-0.4, -0.2) is 19.3 Å². The number of hydrogen-bond donors (Lipinski definition) is 1. The van der Waals surface area contributed by atoms with Gasteiger partial charge in [-0.2, -0.15) is 0 Å². The fourth-order valence-corrected chi connectivity index (χ4v) is 1.55. The van der Waals surface area contributed by atoms with E-state index in [9.17, 15) is 0 Å². The van der Waals surface area contributed by atoms with Gasteiger partial charge in [-0.3, -0.25) is 0 Å². The van der Waals surface area contributed by atoms with Gasteiger partial charge in [0.25, 0.3) is 0 Å². The molecule has 1 aromatic carbocycles. The minimum absolute atomic E-state index is 0.103. The highest BCUT2D eigenvalue weighted by Gasteiger charge is 2.10. The summed E-state index contributed by atoms with van der Waals surface area (Å²) in [4.78, 5) is 0. The van der Waals surface area contributed by atoms with Gasteiger partial charge in [0.1, 0.15) is 6.61 Å². The lowest BCUT2D eigenvalue weighted by Gasteiger charge is -2.21. The SMILES string of the molecule is CC=CCOc1cc(CNC(C)(C)C)ccc1OC. The third-order valence-electron chi connectivity index (χ3n) is 2.62. The van der Waals surface area contributed by atoms with Crippen LogP contribution in [0.3, 0.4) is 0 Å². The minimum atomic E-state index is 0.103. The van der Waals surface area contributed by atoms with Crippen molar-refractivity contribution in [3.63, 3.8) is 0 Å². The van der Waals surface area contributed by atoms with Gasteiger partial charge in [-0.15, -0.1) is 0 Å². The summed E-state index contributed by atoms with van der Waals surface area (Å²) in [6.07, 6.45) is 3.94. The zero-order chi connectivity index (χ0) is 14.3. The first kappa shape index (κ1) is 15.6. The van der Waals surface area contributed by atoms with Crippen molar-refractivity contribution >= 4 is 0 Å². The highest BCUT2D eigenvalue weighted by atomic mass is 16.5. The second kappa shape index (κ2) is 7.19. The van der Waals surface area contributed by atoms with E-state index in [0.717, 1.165) is 18.0 Å². The number of ether oxygens (including phenoxy) is 2. The molecule has 0 aliphatic carbocycles. The van der Waals surface area contributed by atoms with Crippen LogP contribution in [0.25, 0.3) is 0 Å². The van der Waals surface area contributed by atoms with Crippen molar-refractivity contribution in [2.75, 3.05) is 13.7 Å². The molecule has 1 N–H and O–H groups in total. The van der Waals surface area contributed by atoms with Crippen molar-refractivity contribution in [3.05, 3.63) is 35.9 Å². The summed E-state index contributed by atoms with van der Waals surface area (Å²) in [5, 5.41) is 3.46. The van der Waals surface area contributed by atoms with E-state index in [1.54, 1.807) is 7.11 Å². The number of rotatable bonds is 6. The first-order valence-corrected chi connectivity index (χ1v) is 6.62. The van der Waals surface area contributed by atoms with Gasteiger partial charge in [0.2, 0.25) is 0 Å². The molecule has 0 atom stereocenters. The van der Waals surface area contributed by atoms with Crippen LogP contribution in [0.15, 0.2) is 30.4 Å². The van der Waals surface area contributed by atoms with E-state index in [0.29, 0.717) is 6.61 Å². The topological polar surface area (TPSA) is 30.5 Å². The van der Waals surface area contributed by atoms with Gasteiger partial charge in [-0.25, -0.2) is 0 Å².